The zero-order valence-electron chi connectivity index (χ0n) is 12.9. The Bertz CT molecular complexity index is 618. The van der Waals surface area contributed by atoms with E-state index < -0.39 is 5.97 Å². The fourth-order valence-electron chi connectivity index (χ4n) is 2.86. The molecule has 0 heterocycles. The molecule has 0 aliphatic rings. The van der Waals surface area contributed by atoms with E-state index in [0.717, 1.165) is 6.42 Å². The largest absolute Gasteiger partial charge is 0.480 e. The minimum absolute atomic E-state index is 0.0688. The molecule has 1 N–H and O–H groups in total. The highest BCUT2D eigenvalue weighted by Gasteiger charge is 2.23. The van der Waals surface area contributed by atoms with Gasteiger partial charge in [-0.15, -0.1) is 0 Å². The molecule has 2 atom stereocenters. The number of carboxylic acids is 1. The highest BCUT2D eigenvalue weighted by Crippen LogP contribution is 2.29. The topological polar surface area (TPSA) is 40.5 Å². The summed E-state index contributed by atoms with van der Waals surface area (Å²) in [5.41, 5.74) is 1.19. The van der Waals surface area contributed by atoms with Crippen LogP contribution in [0.3, 0.4) is 0 Å². The molecule has 112 valence electrons. The first-order valence-corrected chi connectivity index (χ1v) is 7.49. The first kappa shape index (κ1) is 15.5. The van der Waals surface area contributed by atoms with Crippen LogP contribution < -0.4 is 0 Å². The summed E-state index contributed by atoms with van der Waals surface area (Å²) in [6.07, 6.45) is 0.933. The lowest BCUT2D eigenvalue weighted by Crippen LogP contribution is -2.39. The Morgan fingerprint density at radius 3 is 2.48 bits per heavy atom. The van der Waals surface area contributed by atoms with Gasteiger partial charge in [-0.1, -0.05) is 49.4 Å². The summed E-state index contributed by atoms with van der Waals surface area (Å²) in [6, 6.07) is 14.8. The van der Waals surface area contributed by atoms with Gasteiger partial charge in [0, 0.05) is 12.1 Å². The van der Waals surface area contributed by atoms with Crippen LogP contribution in [0.2, 0.25) is 0 Å². The Morgan fingerprint density at radius 2 is 1.81 bits per heavy atom. The van der Waals surface area contributed by atoms with Crippen molar-refractivity contribution in [1.29, 1.82) is 0 Å². The van der Waals surface area contributed by atoms with Gasteiger partial charge in [-0.2, -0.15) is 0 Å². The molecule has 2 aromatic carbocycles. The molecule has 0 spiro atoms. The second-order valence-corrected chi connectivity index (χ2v) is 5.57. The van der Waals surface area contributed by atoms with E-state index in [4.69, 9.17) is 0 Å². The minimum Gasteiger partial charge on any atom is -0.480 e. The Kier molecular flexibility index (Phi) is 4.97. The highest BCUT2D eigenvalue weighted by atomic mass is 16.4. The molecule has 21 heavy (non-hydrogen) atoms. The number of fused-ring (bicyclic) bond motifs is 1. The second-order valence-electron chi connectivity index (χ2n) is 5.57. The molecule has 0 saturated heterocycles. The molecule has 3 heteroatoms. The molecular formula is C18H23NO2. The number of aliphatic carboxylic acids is 1. The van der Waals surface area contributed by atoms with Gasteiger partial charge in [0.1, 0.15) is 0 Å². The maximum atomic E-state index is 11.2. The maximum absolute atomic E-state index is 11.2. The van der Waals surface area contributed by atoms with E-state index in [1.165, 1.54) is 16.3 Å². The summed E-state index contributed by atoms with van der Waals surface area (Å²) in [5, 5.41) is 11.6. The zero-order valence-corrected chi connectivity index (χ0v) is 12.9. The van der Waals surface area contributed by atoms with Gasteiger partial charge < -0.3 is 5.11 Å². The standard InChI is InChI=1S/C18H23NO2/c1-4-13(2)19(12-18(20)21)14(3)16-11-7-9-15-8-5-6-10-17(15)16/h5-11,13-14H,4,12H2,1-3H3,(H,20,21). The van der Waals surface area contributed by atoms with Gasteiger partial charge in [0.25, 0.3) is 0 Å². The van der Waals surface area contributed by atoms with Crippen LogP contribution in [0.15, 0.2) is 42.5 Å². The summed E-state index contributed by atoms with van der Waals surface area (Å²) in [6.45, 7) is 6.34. The molecule has 0 aliphatic heterocycles. The molecule has 0 saturated carbocycles. The number of nitrogens with zero attached hydrogens (tertiary/aromatic N) is 1. The van der Waals surface area contributed by atoms with Crippen LogP contribution in [0.5, 0.6) is 0 Å². The Labute approximate surface area is 126 Å². The van der Waals surface area contributed by atoms with E-state index in [9.17, 15) is 9.90 Å². The first-order valence-electron chi connectivity index (χ1n) is 7.49. The van der Waals surface area contributed by atoms with Crippen LogP contribution in [0.25, 0.3) is 10.8 Å². The number of hydrogen-bond acceptors (Lipinski definition) is 2. The summed E-state index contributed by atoms with van der Waals surface area (Å²) < 4.78 is 0. The van der Waals surface area contributed by atoms with Gasteiger partial charge in [0.05, 0.1) is 6.54 Å². The van der Waals surface area contributed by atoms with E-state index in [-0.39, 0.29) is 18.6 Å². The SMILES string of the molecule is CCC(C)N(CC(=O)O)C(C)c1cccc2ccccc12. The summed E-state index contributed by atoms with van der Waals surface area (Å²) in [7, 11) is 0. The summed E-state index contributed by atoms with van der Waals surface area (Å²) in [5.74, 6) is -0.776. The van der Waals surface area contributed by atoms with Crippen LogP contribution in [0.1, 0.15) is 38.8 Å². The van der Waals surface area contributed by atoms with Crippen molar-refractivity contribution in [3.63, 3.8) is 0 Å². The number of carbonyl (C=O) groups is 1. The minimum atomic E-state index is -0.776. The quantitative estimate of drug-likeness (QED) is 0.869. The van der Waals surface area contributed by atoms with Gasteiger partial charge in [-0.3, -0.25) is 9.69 Å². The van der Waals surface area contributed by atoms with Crippen LogP contribution in [0, 0.1) is 0 Å². The van der Waals surface area contributed by atoms with Crippen molar-refractivity contribution in [2.24, 2.45) is 0 Å². The summed E-state index contributed by atoms with van der Waals surface area (Å²) >= 11 is 0. The van der Waals surface area contributed by atoms with E-state index >= 15 is 0 Å². The average Bonchev–Trinajstić information content (AvgIpc) is 2.50. The molecule has 2 unspecified atom stereocenters. The molecular weight excluding hydrogens is 262 g/mol. The average molecular weight is 285 g/mol. The molecule has 0 radical (unpaired) electrons. The number of rotatable bonds is 6. The van der Waals surface area contributed by atoms with Gasteiger partial charge in [0.15, 0.2) is 0 Å². The van der Waals surface area contributed by atoms with Crippen LogP contribution in [-0.2, 0) is 4.79 Å². The normalized spacial score (nSPS) is 14.3. The number of hydrogen-bond donors (Lipinski definition) is 1. The fourth-order valence-corrected chi connectivity index (χ4v) is 2.86. The van der Waals surface area contributed by atoms with E-state index in [2.05, 4.69) is 49.9 Å². The lowest BCUT2D eigenvalue weighted by atomic mass is 9.97. The first-order chi connectivity index (χ1) is 10.0. The Balaban J connectivity index is 2.42. The van der Waals surface area contributed by atoms with Gasteiger partial charge in [-0.05, 0) is 36.6 Å². The van der Waals surface area contributed by atoms with Crippen molar-refractivity contribution < 1.29 is 9.90 Å². The predicted molar refractivity (Wildman–Crippen MR) is 86.5 cm³/mol. The molecule has 2 aromatic rings. The van der Waals surface area contributed by atoms with E-state index in [1.807, 2.05) is 18.2 Å². The van der Waals surface area contributed by atoms with Crippen molar-refractivity contribution in [2.75, 3.05) is 6.54 Å². The van der Waals surface area contributed by atoms with Crippen molar-refractivity contribution in [3.8, 4) is 0 Å². The van der Waals surface area contributed by atoms with E-state index in [0.29, 0.717) is 0 Å². The second kappa shape index (κ2) is 6.72. The van der Waals surface area contributed by atoms with Crippen molar-refractivity contribution >= 4 is 16.7 Å². The van der Waals surface area contributed by atoms with Gasteiger partial charge in [0.2, 0.25) is 0 Å². The van der Waals surface area contributed by atoms with Crippen LogP contribution >= 0.6 is 0 Å². The van der Waals surface area contributed by atoms with Crippen LogP contribution in [0.4, 0.5) is 0 Å². The Hall–Kier alpha value is -1.87. The number of carboxylic acid groups (broad SMARTS) is 1. The molecule has 0 amide bonds. The fraction of sp³-hybridized carbons (Fsp3) is 0.389. The third-order valence-electron chi connectivity index (χ3n) is 4.25. The third kappa shape index (κ3) is 3.42. The molecule has 3 nitrogen and oxygen atoms in total. The lowest BCUT2D eigenvalue weighted by molar-refractivity contribution is -0.139. The smallest absolute Gasteiger partial charge is 0.317 e. The number of benzene rings is 2. The third-order valence-corrected chi connectivity index (χ3v) is 4.25. The molecule has 2 rings (SSSR count). The predicted octanol–water partition coefficient (Wildman–Crippen LogP) is 4.09. The molecule has 0 aliphatic carbocycles. The van der Waals surface area contributed by atoms with Crippen molar-refractivity contribution in [1.82, 2.24) is 4.90 Å². The lowest BCUT2D eigenvalue weighted by Gasteiger charge is -2.33. The zero-order chi connectivity index (χ0) is 15.4. The van der Waals surface area contributed by atoms with Gasteiger partial charge >= 0.3 is 5.97 Å². The highest BCUT2D eigenvalue weighted by molar-refractivity contribution is 5.86. The molecule has 0 bridgehead atoms. The van der Waals surface area contributed by atoms with Gasteiger partial charge in [-0.25, -0.2) is 0 Å². The summed E-state index contributed by atoms with van der Waals surface area (Å²) in [4.78, 5) is 13.2. The van der Waals surface area contributed by atoms with Crippen molar-refractivity contribution in [3.05, 3.63) is 48.0 Å². The maximum Gasteiger partial charge on any atom is 0.317 e. The van der Waals surface area contributed by atoms with E-state index in [1.54, 1.807) is 0 Å². The van der Waals surface area contributed by atoms with Crippen molar-refractivity contribution in [2.45, 2.75) is 39.3 Å². The monoisotopic (exact) mass is 285 g/mol. The Morgan fingerprint density at radius 1 is 1.14 bits per heavy atom. The van der Waals surface area contributed by atoms with Crippen LogP contribution in [-0.4, -0.2) is 28.6 Å². The molecule has 0 aromatic heterocycles. The molecule has 0 fully saturated rings.